The number of hydrogen-bond acceptors (Lipinski definition) is 2. The predicted molar refractivity (Wildman–Crippen MR) is 70.8 cm³/mol. The summed E-state index contributed by atoms with van der Waals surface area (Å²) in [5.74, 6) is 0.334. The molecule has 1 fully saturated rings. The highest BCUT2D eigenvalue weighted by molar-refractivity contribution is 5.21. The molecule has 0 aliphatic heterocycles. The number of rotatable bonds is 3. The summed E-state index contributed by atoms with van der Waals surface area (Å²) >= 11 is 0. The van der Waals surface area contributed by atoms with Crippen LogP contribution in [0.25, 0.3) is 0 Å². The minimum absolute atomic E-state index is 0.142. The van der Waals surface area contributed by atoms with Gasteiger partial charge in [-0.15, -0.1) is 0 Å². The Hall–Kier alpha value is -0.930. The molecule has 1 aromatic carbocycles. The molecule has 1 saturated carbocycles. The summed E-state index contributed by atoms with van der Waals surface area (Å²) in [4.78, 5) is 2.16. The average Bonchev–Trinajstić information content (AvgIpc) is 2.32. The lowest BCUT2D eigenvalue weighted by atomic mass is 9.79. The molecular weight excluding hydrogens is 229 g/mol. The Morgan fingerprint density at radius 3 is 2.44 bits per heavy atom. The van der Waals surface area contributed by atoms with Crippen molar-refractivity contribution in [2.24, 2.45) is 5.92 Å². The Morgan fingerprint density at radius 1 is 1.22 bits per heavy atom. The van der Waals surface area contributed by atoms with Crippen molar-refractivity contribution in [3.8, 4) is 0 Å². The molecule has 2 rings (SSSR count). The van der Waals surface area contributed by atoms with E-state index in [4.69, 9.17) is 0 Å². The summed E-state index contributed by atoms with van der Waals surface area (Å²) in [7, 11) is 4.08. The molecular formula is C15H22FNO. The first-order chi connectivity index (χ1) is 8.58. The first-order valence-electron chi connectivity index (χ1n) is 6.68. The van der Waals surface area contributed by atoms with E-state index in [0.717, 1.165) is 31.2 Å². The van der Waals surface area contributed by atoms with Crippen molar-refractivity contribution in [2.45, 2.75) is 37.8 Å². The molecule has 0 aromatic heterocycles. The molecule has 2 nitrogen and oxygen atoms in total. The smallest absolute Gasteiger partial charge is 0.123 e. The van der Waals surface area contributed by atoms with Crippen LogP contribution in [-0.4, -0.2) is 30.2 Å². The van der Waals surface area contributed by atoms with Crippen molar-refractivity contribution >= 4 is 0 Å². The highest BCUT2D eigenvalue weighted by atomic mass is 19.1. The summed E-state index contributed by atoms with van der Waals surface area (Å²) in [5, 5.41) is 9.59. The zero-order chi connectivity index (χ0) is 13.1. The van der Waals surface area contributed by atoms with E-state index in [0.29, 0.717) is 5.92 Å². The van der Waals surface area contributed by atoms with Gasteiger partial charge in [0, 0.05) is 6.04 Å². The summed E-state index contributed by atoms with van der Waals surface area (Å²) in [6.45, 7) is 0. The molecule has 3 heteroatoms. The van der Waals surface area contributed by atoms with Crippen LogP contribution in [0, 0.1) is 11.7 Å². The van der Waals surface area contributed by atoms with Crippen LogP contribution in [0.4, 0.5) is 4.39 Å². The molecule has 0 saturated heterocycles. The number of hydrogen-bond donors (Lipinski definition) is 1. The fourth-order valence-corrected chi connectivity index (χ4v) is 3.10. The van der Waals surface area contributed by atoms with Gasteiger partial charge in [-0.05, 0) is 63.4 Å². The third-order valence-electron chi connectivity index (χ3n) is 3.93. The summed E-state index contributed by atoms with van der Waals surface area (Å²) in [5.41, 5.74) is 1.04. The van der Waals surface area contributed by atoms with Crippen molar-refractivity contribution in [2.75, 3.05) is 14.1 Å². The lowest BCUT2D eigenvalue weighted by molar-refractivity contribution is 0.0778. The van der Waals surface area contributed by atoms with Crippen molar-refractivity contribution in [1.29, 1.82) is 0 Å². The predicted octanol–water partition coefficient (Wildman–Crippen LogP) is 2.98. The van der Waals surface area contributed by atoms with Crippen molar-refractivity contribution in [3.05, 3.63) is 35.6 Å². The van der Waals surface area contributed by atoms with E-state index in [-0.39, 0.29) is 18.0 Å². The van der Waals surface area contributed by atoms with Crippen LogP contribution in [-0.2, 0) is 0 Å². The maximum atomic E-state index is 13.4. The van der Waals surface area contributed by atoms with Gasteiger partial charge in [0.1, 0.15) is 5.82 Å². The van der Waals surface area contributed by atoms with E-state index in [9.17, 15) is 9.50 Å². The van der Waals surface area contributed by atoms with E-state index in [1.807, 2.05) is 20.2 Å². The van der Waals surface area contributed by atoms with Gasteiger partial charge in [-0.2, -0.15) is 0 Å². The van der Waals surface area contributed by atoms with Gasteiger partial charge in [0.05, 0.1) is 6.10 Å². The molecule has 1 N–H and O–H groups in total. The fraction of sp³-hybridized carbons (Fsp3) is 0.600. The van der Waals surface area contributed by atoms with E-state index in [1.165, 1.54) is 6.07 Å². The number of halogens is 1. The minimum atomic E-state index is -0.171. The zero-order valence-corrected chi connectivity index (χ0v) is 11.1. The Kier molecular flexibility index (Phi) is 4.36. The minimum Gasteiger partial charge on any atom is -0.393 e. The highest BCUT2D eigenvalue weighted by Gasteiger charge is 2.29. The van der Waals surface area contributed by atoms with Crippen LogP contribution < -0.4 is 0 Å². The molecule has 100 valence electrons. The average molecular weight is 251 g/mol. The Morgan fingerprint density at radius 2 is 1.89 bits per heavy atom. The van der Waals surface area contributed by atoms with E-state index >= 15 is 0 Å². The monoisotopic (exact) mass is 251 g/mol. The molecule has 0 spiro atoms. The largest absolute Gasteiger partial charge is 0.393 e. The van der Waals surface area contributed by atoms with Crippen molar-refractivity contribution in [3.63, 3.8) is 0 Å². The first kappa shape index (κ1) is 13.5. The maximum absolute atomic E-state index is 13.4. The van der Waals surface area contributed by atoms with Crippen LogP contribution in [0.15, 0.2) is 24.3 Å². The third kappa shape index (κ3) is 3.09. The van der Waals surface area contributed by atoms with Crippen molar-refractivity contribution < 1.29 is 9.50 Å². The molecule has 1 aromatic rings. The van der Waals surface area contributed by atoms with Gasteiger partial charge in [-0.25, -0.2) is 4.39 Å². The molecule has 0 radical (unpaired) electrons. The molecule has 1 unspecified atom stereocenters. The first-order valence-corrected chi connectivity index (χ1v) is 6.68. The topological polar surface area (TPSA) is 23.5 Å². The second-order valence-electron chi connectivity index (χ2n) is 5.53. The second-order valence-corrected chi connectivity index (χ2v) is 5.53. The molecule has 0 heterocycles. The van der Waals surface area contributed by atoms with Crippen LogP contribution in [0.5, 0.6) is 0 Å². The Balaban J connectivity index is 2.18. The van der Waals surface area contributed by atoms with Crippen LogP contribution in [0.1, 0.15) is 37.3 Å². The van der Waals surface area contributed by atoms with Crippen molar-refractivity contribution in [1.82, 2.24) is 4.90 Å². The lowest BCUT2D eigenvalue weighted by Crippen LogP contribution is -2.31. The third-order valence-corrected chi connectivity index (χ3v) is 3.93. The number of aliphatic hydroxyl groups excluding tert-OH is 1. The number of aliphatic hydroxyl groups is 1. The van der Waals surface area contributed by atoms with Gasteiger partial charge in [0.15, 0.2) is 0 Å². The summed E-state index contributed by atoms with van der Waals surface area (Å²) in [6.07, 6.45) is 3.62. The zero-order valence-electron chi connectivity index (χ0n) is 11.1. The molecule has 0 bridgehead atoms. The normalized spacial score (nSPS) is 26.3. The maximum Gasteiger partial charge on any atom is 0.123 e. The van der Waals surface area contributed by atoms with Gasteiger partial charge in [0.25, 0.3) is 0 Å². The number of benzene rings is 1. The van der Waals surface area contributed by atoms with E-state index in [1.54, 1.807) is 12.1 Å². The van der Waals surface area contributed by atoms with Gasteiger partial charge in [-0.1, -0.05) is 12.1 Å². The second kappa shape index (κ2) is 5.81. The fourth-order valence-electron chi connectivity index (χ4n) is 3.10. The van der Waals surface area contributed by atoms with Crippen LogP contribution in [0.2, 0.25) is 0 Å². The van der Waals surface area contributed by atoms with E-state index < -0.39 is 0 Å². The van der Waals surface area contributed by atoms with Gasteiger partial charge >= 0.3 is 0 Å². The van der Waals surface area contributed by atoms with E-state index in [2.05, 4.69) is 4.90 Å². The van der Waals surface area contributed by atoms with Gasteiger partial charge in [-0.3, -0.25) is 0 Å². The lowest BCUT2D eigenvalue weighted by Gasteiger charge is -2.36. The van der Waals surface area contributed by atoms with Gasteiger partial charge in [0.2, 0.25) is 0 Å². The molecule has 18 heavy (non-hydrogen) atoms. The quantitative estimate of drug-likeness (QED) is 0.892. The highest BCUT2D eigenvalue weighted by Crippen LogP contribution is 2.37. The van der Waals surface area contributed by atoms with Crippen LogP contribution in [0.3, 0.4) is 0 Å². The standard InChI is InChI=1S/C15H22FNO/c1-17(2)15(11-6-8-14(18)9-7-11)12-4-3-5-13(16)10-12/h3-5,10-11,14-15,18H,6-9H2,1-2H3. The summed E-state index contributed by atoms with van der Waals surface area (Å²) < 4.78 is 13.4. The molecule has 0 amide bonds. The number of nitrogens with zero attached hydrogens (tertiary/aromatic N) is 1. The molecule has 1 aliphatic rings. The summed E-state index contributed by atoms with van der Waals surface area (Å²) in [6, 6.07) is 7.14. The Labute approximate surface area is 108 Å². The van der Waals surface area contributed by atoms with Gasteiger partial charge < -0.3 is 10.0 Å². The Bertz CT molecular complexity index is 386. The molecule has 1 aliphatic carbocycles. The molecule has 1 atom stereocenters. The SMILES string of the molecule is CN(C)C(c1cccc(F)c1)C1CCC(O)CC1. The van der Waals surface area contributed by atoms with Crippen LogP contribution >= 0.6 is 0 Å².